The number of carbonyl (C=O) groups is 1. The van der Waals surface area contributed by atoms with Crippen LogP contribution in [0.4, 0.5) is 0 Å². The van der Waals surface area contributed by atoms with Crippen LogP contribution in [-0.4, -0.2) is 17.5 Å². The molecule has 0 spiro atoms. The van der Waals surface area contributed by atoms with Crippen LogP contribution in [0.25, 0.3) is 0 Å². The molecule has 1 aromatic carbocycles. The topological polar surface area (TPSA) is 46.5 Å². The summed E-state index contributed by atoms with van der Waals surface area (Å²) in [6.07, 6.45) is 1.82. The fraction of sp³-hybridized carbons (Fsp3) is 0.182. The third-order valence-electron chi connectivity index (χ3n) is 1.68. The Bertz CT molecular complexity index is 342. The molecular formula is C11H12O3. The summed E-state index contributed by atoms with van der Waals surface area (Å²) in [5, 5.41) is 8.48. The fourth-order valence-corrected chi connectivity index (χ4v) is 1.11. The Balaban J connectivity index is 3.00. The molecule has 0 fully saturated rings. The van der Waals surface area contributed by atoms with E-state index in [0.29, 0.717) is 17.9 Å². The van der Waals surface area contributed by atoms with Gasteiger partial charge in [-0.2, -0.15) is 0 Å². The molecule has 0 radical (unpaired) electrons. The molecule has 0 amide bonds. The second-order valence-electron chi connectivity index (χ2n) is 2.61. The highest BCUT2D eigenvalue weighted by molar-refractivity contribution is 6.06. The molecule has 0 aliphatic rings. The van der Waals surface area contributed by atoms with Crippen molar-refractivity contribution >= 4 is 5.78 Å². The molecule has 0 aliphatic heterocycles. The van der Waals surface area contributed by atoms with Gasteiger partial charge in [0.15, 0.2) is 5.78 Å². The lowest BCUT2D eigenvalue weighted by molar-refractivity contribution is 0.104. The normalized spacial score (nSPS) is 10.4. The maximum atomic E-state index is 11.4. The van der Waals surface area contributed by atoms with Crippen molar-refractivity contribution in [2.24, 2.45) is 0 Å². The Morgan fingerprint density at radius 3 is 2.86 bits per heavy atom. The van der Waals surface area contributed by atoms with Crippen LogP contribution >= 0.6 is 0 Å². The zero-order valence-corrected chi connectivity index (χ0v) is 7.93. The first-order chi connectivity index (χ1) is 6.79. The summed E-state index contributed by atoms with van der Waals surface area (Å²) in [7, 11) is 0. The standard InChI is InChI=1S/C11H12O3/c1-2-14-11-6-4-3-5-9(11)10(13)7-8-12/h3-8,12H,2H2,1H3. The zero-order chi connectivity index (χ0) is 10.4. The van der Waals surface area contributed by atoms with E-state index in [1.165, 1.54) is 0 Å². The third kappa shape index (κ3) is 2.36. The molecule has 3 nitrogen and oxygen atoms in total. The predicted molar refractivity (Wildman–Crippen MR) is 53.7 cm³/mol. The van der Waals surface area contributed by atoms with Crippen LogP contribution in [0.15, 0.2) is 36.6 Å². The van der Waals surface area contributed by atoms with Gasteiger partial charge in [-0.25, -0.2) is 0 Å². The number of ether oxygens (including phenoxy) is 1. The van der Waals surface area contributed by atoms with Crippen LogP contribution in [-0.2, 0) is 0 Å². The summed E-state index contributed by atoms with van der Waals surface area (Å²) in [6, 6.07) is 6.93. The van der Waals surface area contributed by atoms with E-state index in [1.807, 2.05) is 6.92 Å². The van der Waals surface area contributed by atoms with Crippen molar-refractivity contribution in [3.05, 3.63) is 42.2 Å². The van der Waals surface area contributed by atoms with E-state index in [1.54, 1.807) is 24.3 Å². The number of ketones is 1. The summed E-state index contributed by atoms with van der Waals surface area (Å²) < 4.78 is 5.27. The Hall–Kier alpha value is -1.77. The summed E-state index contributed by atoms with van der Waals surface area (Å²) in [6.45, 7) is 2.36. The smallest absolute Gasteiger partial charge is 0.192 e. The van der Waals surface area contributed by atoms with Gasteiger partial charge in [-0.15, -0.1) is 0 Å². The van der Waals surface area contributed by atoms with Gasteiger partial charge in [-0.05, 0) is 19.1 Å². The number of aliphatic hydroxyl groups excluding tert-OH is 1. The van der Waals surface area contributed by atoms with Crippen molar-refractivity contribution in [3.8, 4) is 5.75 Å². The number of aliphatic hydroxyl groups is 1. The molecule has 14 heavy (non-hydrogen) atoms. The van der Waals surface area contributed by atoms with E-state index in [4.69, 9.17) is 9.84 Å². The molecular weight excluding hydrogens is 180 g/mol. The van der Waals surface area contributed by atoms with Crippen molar-refractivity contribution in [1.29, 1.82) is 0 Å². The minimum atomic E-state index is -0.267. The monoisotopic (exact) mass is 192 g/mol. The van der Waals surface area contributed by atoms with Gasteiger partial charge in [-0.1, -0.05) is 12.1 Å². The maximum Gasteiger partial charge on any atom is 0.192 e. The van der Waals surface area contributed by atoms with Gasteiger partial charge in [-0.3, -0.25) is 4.79 Å². The van der Waals surface area contributed by atoms with Crippen LogP contribution in [0.2, 0.25) is 0 Å². The third-order valence-corrected chi connectivity index (χ3v) is 1.68. The maximum absolute atomic E-state index is 11.4. The Morgan fingerprint density at radius 2 is 2.21 bits per heavy atom. The summed E-state index contributed by atoms with van der Waals surface area (Å²) in [5.41, 5.74) is 0.458. The lowest BCUT2D eigenvalue weighted by Gasteiger charge is -2.06. The minimum Gasteiger partial charge on any atom is -0.515 e. The minimum absolute atomic E-state index is 0.267. The molecule has 0 saturated carbocycles. The van der Waals surface area contributed by atoms with Crippen molar-refractivity contribution in [1.82, 2.24) is 0 Å². The highest BCUT2D eigenvalue weighted by atomic mass is 16.5. The van der Waals surface area contributed by atoms with Gasteiger partial charge >= 0.3 is 0 Å². The second kappa shape index (κ2) is 5.07. The van der Waals surface area contributed by atoms with Crippen LogP contribution in [0.3, 0.4) is 0 Å². The Labute approximate surface area is 82.6 Å². The molecule has 1 N–H and O–H groups in total. The van der Waals surface area contributed by atoms with Gasteiger partial charge in [0, 0.05) is 6.08 Å². The first-order valence-corrected chi connectivity index (χ1v) is 4.36. The van der Waals surface area contributed by atoms with Crippen LogP contribution in [0.5, 0.6) is 5.75 Å². The van der Waals surface area contributed by atoms with Crippen LogP contribution < -0.4 is 4.74 Å². The van der Waals surface area contributed by atoms with Crippen molar-refractivity contribution in [2.75, 3.05) is 6.61 Å². The van der Waals surface area contributed by atoms with Crippen molar-refractivity contribution in [3.63, 3.8) is 0 Å². The Kier molecular flexibility index (Phi) is 3.73. The number of rotatable bonds is 4. The second-order valence-corrected chi connectivity index (χ2v) is 2.61. The van der Waals surface area contributed by atoms with E-state index < -0.39 is 0 Å². The first kappa shape index (κ1) is 10.3. The van der Waals surface area contributed by atoms with E-state index in [2.05, 4.69) is 0 Å². The molecule has 0 saturated heterocycles. The predicted octanol–water partition coefficient (Wildman–Crippen LogP) is 2.34. The van der Waals surface area contributed by atoms with Crippen LogP contribution in [0, 0.1) is 0 Å². The molecule has 0 unspecified atom stereocenters. The number of para-hydroxylation sites is 1. The highest BCUT2D eigenvalue weighted by Gasteiger charge is 2.08. The quantitative estimate of drug-likeness (QED) is 0.452. The first-order valence-electron chi connectivity index (χ1n) is 4.36. The molecule has 1 aromatic rings. The van der Waals surface area contributed by atoms with Gasteiger partial charge in [0.2, 0.25) is 0 Å². The van der Waals surface area contributed by atoms with Crippen molar-refractivity contribution < 1.29 is 14.6 Å². The molecule has 0 atom stereocenters. The molecule has 3 heteroatoms. The van der Waals surface area contributed by atoms with Gasteiger partial charge in [0.1, 0.15) is 5.75 Å². The van der Waals surface area contributed by atoms with E-state index >= 15 is 0 Å². The Morgan fingerprint density at radius 1 is 1.50 bits per heavy atom. The van der Waals surface area contributed by atoms with Crippen LogP contribution in [0.1, 0.15) is 17.3 Å². The fourth-order valence-electron chi connectivity index (χ4n) is 1.11. The molecule has 0 aromatic heterocycles. The number of benzene rings is 1. The number of hydrogen-bond donors (Lipinski definition) is 1. The molecule has 1 rings (SSSR count). The SMILES string of the molecule is CCOc1ccccc1C(=O)C=CO. The largest absolute Gasteiger partial charge is 0.515 e. The number of carbonyl (C=O) groups excluding carboxylic acids is 1. The van der Waals surface area contributed by atoms with Crippen molar-refractivity contribution in [2.45, 2.75) is 6.92 Å². The molecule has 0 aliphatic carbocycles. The lowest BCUT2D eigenvalue weighted by atomic mass is 10.1. The number of hydrogen-bond acceptors (Lipinski definition) is 3. The average molecular weight is 192 g/mol. The van der Waals surface area contributed by atoms with E-state index in [-0.39, 0.29) is 5.78 Å². The number of allylic oxidation sites excluding steroid dienone is 1. The van der Waals surface area contributed by atoms with Gasteiger partial charge in [0.05, 0.1) is 18.4 Å². The zero-order valence-electron chi connectivity index (χ0n) is 7.93. The summed E-state index contributed by atoms with van der Waals surface area (Å²) in [5.74, 6) is 0.273. The summed E-state index contributed by atoms with van der Waals surface area (Å²) >= 11 is 0. The van der Waals surface area contributed by atoms with E-state index in [0.717, 1.165) is 12.3 Å². The lowest BCUT2D eigenvalue weighted by Crippen LogP contribution is -2.01. The summed E-state index contributed by atoms with van der Waals surface area (Å²) in [4.78, 5) is 11.4. The van der Waals surface area contributed by atoms with E-state index in [9.17, 15) is 4.79 Å². The van der Waals surface area contributed by atoms with Gasteiger partial charge < -0.3 is 9.84 Å². The molecule has 0 bridgehead atoms. The molecule has 0 heterocycles. The average Bonchev–Trinajstić information content (AvgIpc) is 2.19. The molecule has 74 valence electrons. The van der Waals surface area contributed by atoms with Gasteiger partial charge in [0.25, 0.3) is 0 Å². The highest BCUT2D eigenvalue weighted by Crippen LogP contribution is 2.18.